The molecule has 1 rings (SSSR count). The summed E-state index contributed by atoms with van der Waals surface area (Å²) in [4.78, 5) is 11.0. The fraction of sp³-hybridized carbons (Fsp3) is 0.727. The minimum absolute atomic E-state index is 0.128. The molecule has 13 heavy (non-hydrogen) atoms. The molecule has 0 heterocycles. The third kappa shape index (κ3) is 3.62. The Bertz CT molecular complexity index is 187. The average molecular weight is 182 g/mol. The van der Waals surface area contributed by atoms with Gasteiger partial charge in [-0.05, 0) is 25.2 Å². The summed E-state index contributed by atoms with van der Waals surface area (Å²) in [6, 6.07) is 0. The van der Waals surface area contributed by atoms with Gasteiger partial charge in [-0.25, -0.2) is 4.79 Å². The SMILES string of the molecule is C=CC(=O)OC1CCCCC(C)C1. The quantitative estimate of drug-likeness (QED) is 0.373. The van der Waals surface area contributed by atoms with Crippen molar-refractivity contribution in [1.82, 2.24) is 0 Å². The third-order valence-corrected chi connectivity index (χ3v) is 2.59. The van der Waals surface area contributed by atoms with Gasteiger partial charge in [0.05, 0.1) is 0 Å². The van der Waals surface area contributed by atoms with E-state index in [1.165, 1.54) is 25.3 Å². The highest BCUT2D eigenvalue weighted by molar-refractivity contribution is 5.81. The summed E-state index contributed by atoms with van der Waals surface area (Å²) in [5, 5.41) is 0. The Morgan fingerprint density at radius 1 is 1.46 bits per heavy atom. The maximum atomic E-state index is 11.0. The van der Waals surface area contributed by atoms with E-state index in [1.54, 1.807) is 0 Å². The van der Waals surface area contributed by atoms with E-state index in [0.717, 1.165) is 12.8 Å². The van der Waals surface area contributed by atoms with Gasteiger partial charge in [-0.2, -0.15) is 0 Å². The average Bonchev–Trinajstić information content (AvgIpc) is 2.30. The van der Waals surface area contributed by atoms with Gasteiger partial charge in [-0.1, -0.05) is 26.3 Å². The Balaban J connectivity index is 2.38. The molecule has 0 aromatic carbocycles. The van der Waals surface area contributed by atoms with Crippen LogP contribution in [0.25, 0.3) is 0 Å². The van der Waals surface area contributed by atoms with E-state index in [4.69, 9.17) is 4.74 Å². The zero-order chi connectivity index (χ0) is 9.68. The van der Waals surface area contributed by atoms with Crippen molar-refractivity contribution in [2.75, 3.05) is 0 Å². The number of hydrogen-bond donors (Lipinski definition) is 0. The second-order valence-electron chi connectivity index (χ2n) is 3.89. The molecule has 0 N–H and O–H groups in total. The molecule has 0 saturated heterocycles. The van der Waals surface area contributed by atoms with Gasteiger partial charge in [-0.3, -0.25) is 0 Å². The summed E-state index contributed by atoms with van der Waals surface area (Å²) in [7, 11) is 0. The lowest BCUT2D eigenvalue weighted by Gasteiger charge is -2.16. The minimum Gasteiger partial charge on any atom is -0.459 e. The first-order chi connectivity index (χ1) is 6.22. The molecule has 0 radical (unpaired) electrons. The lowest BCUT2D eigenvalue weighted by molar-refractivity contribution is -0.143. The van der Waals surface area contributed by atoms with Gasteiger partial charge in [0.2, 0.25) is 0 Å². The predicted molar refractivity (Wildman–Crippen MR) is 52.3 cm³/mol. The smallest absolute Gasteiger partial charge is 0.330 e. The highest BCUT2D eigenvalue weighted by Gasteiger charge is 2.19. The van der Waals surface area contributed by atoms with E-state index in [9.17, 15) is 4.79 Å². The van der Waals surface area contributed by atoms with Crippen LogP contribution >= 0.6 is 0 Å². The molecular weight excluding hydrogens is 164 g/mol. The van der Waals surface area contributed by atoms with Crippen molar-refractivity contribution in [2.24, 2.45) is 5.92 Å². The van der Waals surface area contributed by atoms with Gasteiger partial charge in [0, 0.05) is 6.08 Å². The Kier molecular flexibility index (Phi) is 4.00. The highest BCUT2D eigenvalue weighted by atomic mass is 16.5. The van der Waals surface area contributed by atoms with Crippen LogP contribution in [0.3, 0.4) is 0 Å². The fourth-order valence-corrected chi connectivity index (χ4v) is 1.87. The topological polar surface area (TPSA) is 26.3 Å². The van der Waals surface area contributed by atoms with Crippen LogP contribution in [0, 0.1) is 5.92 Å². The third-order valence-electron chi connectivity index (χ3n) is 2.59. The van der Waals surface area contributed by atoms with Crippen molar-refractivity contribution in [3.05, 3.63) is 12.7 Å². The van der Waals surface area contributed by atoms with Crippen LogP contribution in [0.1, 0.15) is 39.0 Å². The van der Waals surface area contributed by atoms with Gasteiger partial charge in [0.1, 0.15) is 6.10 Å². The van der Waals surface area contributed by atoms with Gasteiger partial charge in [-0.15, -0.1) is 0 Å². The second kappa shape index (κ2) is 5.05. The van der Waals surface area contributed by atoms with E-state index in [2.05, 4.69) is 13.5 Å². The Morgan fingerprint density at radius 3 is 2.85 bits per heavy atom. The zero-order valence-corrected chi connectivity index (χ0v) is 8.29. The number of hydrogen-bond acceptors (Lipinski definition) is 2. The molecule has 0 aromatic rings. The van der Waals surface area contributed by atoms with Gasteiger partial charge >= 0.3 is 5.97 Å². The van der Waals surface area contributed by atoms with Crippen molar-refractivity contribution >= 4 is 5.97 Å². The minimum atomic E-state index is -0.279. The van der Waals surface area contributed by atoms with Crippen LogP contribution in [-0.2, 0) is 9.53 Å². The van der Waals surface area contributed by atoms with Gasteiger partial charge in [0.15, 0.2) is 0 Å². The largest absolute Gasteiger partial charge is 0.459 e. The Hall–Kier alpha value is -0.790. The van der Waals surface area contributed by atoms with E-state index in [-0.39, 0.29) is 12.1 Å². The van der Waals surface area contributed by atoms with Crippen molar-refractivity contribution in [2.45, 2.75) is 45.1 Å². The summed E-state index contributed by atoms with van der Waals surface area (Å²) in [5.74, 6) is 0.407. The van der Waals surface area contributed by atoms with Crippen molar-refractivity contribution in [1.29, 1.82) is 0 Å². The summed E-state index contributed by atoms with van der Waals surface area (Å²) in [6.45, 7) is 5.62. The molecule has 1 fully saturated rings. The van der Waals surface area contributed by atoms with Crippen LogP contribution in [0.2, 0.25) is 0 Å². The second-order valence-corrected chi connectivity index (χ2v) is 3.89. The van der Waals surface area contributed by atoms with E-state index >= 15 is 0 Å². The molecule has 1 aliphatic rings. The molecule has 74 valence electrons. The number of ether oxygens (including phenoxy) is 1. The molecule has 0 aromatic heterocycles. The molecule has 0 amide bonds. The van der Waals surface area contributed by atoms with Gasteiger partial charge < -0.3 is 4.74 Å². The van der Waals surface area contributed by atoms with Crippen molar-refractivity contribution in [3.63, 3.8) is 0 Å². The Morgan fingerprint density at radius 2 is 2.15 bits per heavy atom. The molecule has 2 atom stereocenters. The predicted octanol–water partition coefficient (Wildman–Crippen LogP) is 2.68. The number of esters is 1. The first-order valence-corrected chi connectivity index (χ1v) is 5.05. The molecule has 0 bridgehead atoms. The first kappa shape index (κ1) is 10.3. The summed E-state index contributed by atoms with van der Waals surface area (Å²) >= 11 is 0. The van der Waals surface area contributed by atoms with Crippen LogP contribution < -0.4 is 0 Å². The zero-order valence-electron chi connectivity index (χ0n) is 8.29. The highest BCUT2D eigenvalue weighted by Crippen LogP contribution is 2.24. The first-order valence-electron chi connectivity index (χ1n) is 5.05. The summed E-state index contributed by atoms with van der Waals surface area (Å²) in [5.41, 5.74) is 0. The van der Waals surface area contributed by atoms with Crippen LogP contribution in [0.15, 0.2) is 12.7 Å². The lowest BCUT2D eigenvalue weighted by atomic mass is 10.0. The van der Waals surface area contributed by atoms with Crippen LogP contribution in [-0.4, -0.2) is 12.1 Å². The fourth-order valence-electron chi connectivity index (χ4n) is 1.87. The maximum Gasteiger partial charge on any atom is 0.330 e. The number of rotatable bonds is 2. The van der Waals surface area contributed by atoms with Gasteiger partial charge in [0.25, 0.3) is 0 Å². The molecule has 1 saturated carbocycles. The molecule has 2 heteroatoms. The Labute approximate surface area is 80.0 Å². The van der Waals surface area contributed by atoms with Crippen LogP contribution in [0.5, 0.6) is 0 Å². The van der Waals surface area contributed by atoms with Crippen LogP contribution in [0.4, 0.5) is 0 Å². The standard InChI is InChI=1S/C11H18O2/c1-3-11(12)13-10-7-5-4-6-9(2)8-10/h3,9-10H,1,4-8H2,2H3. The molecule has 2 unspecified atom stereocenters. The van der Waals surface area contributed by atoms with E-state index in [0.29, 0.717) is 5.92 Å². The molecule has 1 aliphatic carbocycles. The monoisotopic (exact) mass is 182 g/mol. The molecular formula is C11H18O2. The lowest BCUT2D eigenvalue weighted by Crippen LogP contribution is -2.17. The molecule has 0 aliphatic heterocycles. The van der Waals surface area contributed by atoms with E-state index < -0.39 is 0 Å². The normalized spacial score (nSPS) is 29.0. The summed E-state index contributed by atoms with van der Waals surface area (Å²) in [6.07, 6.45) is 7.12. The molecule has 2 nitrogen and oxygen atoms in total. The number of carbonyl (C=O) groups is 1. The molecule has 0 spiro atoms. The summed E-state index contributed by atoms with van der Waals surface area (Å²) < 4.78 is 5.23. The van der Waals surface area contributed by atoms with Crippen molar-refractivity contribution in [3.8, 4) is 0 Å². The number of carbonyl (C=O) groups excluding carboxylic acids is 1. The maximum absolute atomic E-state index is 11.0. The van der Waals surface area contributed by atoms with E-state index in [1.807, 2.05) is 0 Å². The van der Waals surface area contributed by atoms with Crippen molar-refractivity contribution < 1.29 is 9.53 Å².